The van der Waals surface area contributed by atoms with E-state index in [9.17, 15) is 9.90 Å². The lowest BCUT2D eigenvalue weighted by Crippen LogP contribution is -1.94. The molecule has 0 radical (unpaired) electrons. The van der Waals surface area contributed by atoms with Gasteiger partial charge in [0.1, 0.15) is 17.2 Å². The fourth-order valence-corrected chi connectivity index (χ4v) is 3.14. The lowest BCUT2D eigenvalue weighted by atomic mass is 10.2. The van der Waals surface area contributed by atoms with Crippen molar-refractivity contribution in [1.82, 2.24) is 10.2 Å². The minimum atomic E-state index is -0.416. The molecule has 0 saturated heterocycles. The number of hydrogen-bond acceptors (Lipinski definition) is 8. The van der Waals surface area contributed by atoms with Gasteiger partial charge in [0.05, 0.1) is 25.3 Å². The van der Waals surface area contributed by atoms with E-state index in [1.807, 2.05) is 0 Å². The van der Waals surface area contributed by atoms with Crippen molar-refractivity contribution in [1.29, 1.82) is 0 Å². The molecule has 3 aromatic rings. The number of thioether (sulfide) groups is 1. The number of benzene rings is 2. The number of rotatable bonds is 5. The molecule has 0 atom stereocenters. The standard InChI is InChI=1S/C17H13BrN2O5S/c1-23-10-4-5-11(14(8-10)24-2)15-19-20-17(25-15)26-16(22)12-7-9(18)3-6-13(12)21/h3-8,21H,1-2H3. The van der Waals surface area contributed by atoms with Crippen LogP contribution in [0, 0.1) is 0 Å². The zero-order valence-corrected chi connectivity index (χ0v) is 16.1. The third-order valence-electron chi connectivity index (χ3n) is 3.40. The molecule has 0 saturated carbocycles. The Balaban J connectivity index is 1.84. The Hall–Kier alpha value is -2.52. The summed E-state index contributed by atoms with van der Waals surface area (Å²) in [5, 5.41) is 17.3. The summed E-state index contributed by atoms with van der Waals surface area (Å²) in [6.07, 6.45) is 0. The third-order valence-corrected chi connectivity index (χ3v) is 4.64. The summed E-state index contributed by atoms with van der Waals surface area (Å²) in [6.45, 7) is 0. The Labute approximate surface area is 161 Å². The predicted molar refractivity (Wildman–Crippen MR) is 98.8 cm³/mol. The van der Waals surface area contributed by atoms with E-state index in [1.165, 1.54) is 19.2 Å². The first-order valence-electron chi connectivity index (χ1n) is 7.28. The van der Waals surface area contributed by atoms with Crippen molar-refractivity contribution in [2.75, 3.05) is 14.2 Å². The zero-order chi connectivity index (χ0) is 18.7. The van der Waals surface area contributed by atoms with Crippen LogP contribution in [-0.4, -0.2) is 34.6 Å². The van der Waals surface area contributed by atoms with Gasteiger partial charge in [0.25, 0.3) is 11.1 Å². The number of carbonyl (C=O) groups excluding carboxylic acids is 1. The van der Waals surface area contributed by atoms with Gasteiger partial charge in [-0.2, -0.15) is 0 Å². The SMILES string of the molecule is COc1ccc(-c2nnc(SC(=O)c3cc(Br)ccc3O)o2)c(OC)c1. The van der Waals surface area contributed by atoms with Crippen molar-refractivity contribution in [3.8, 4) is 28.7 Å². The lowest BCUT2D eigenvalue weighted by molar-refractivity contribution is 0.108. The number of phenolic OH excluding ortho intramolecular Hbond substituents is 1. The normalized spacial score (nSPS) is 10.6. The van der Waals surface area contributed by atoms with Gasteiger partial charge < -0.3 is 19.0 Å². The second kappa shape index (κ2) is 7.79. The Kier molecular flexibility index (Phi) is 5.48. The predicted octanol–water partition coefficient (Wildman–Crippen LogP) is 4.15. The van der Waals surface area contributed by atoms with E-state index in [-0.39, 0.29) is 22.4 Å². The lowest BCUT2D eigenvalue weighted by Gasteiger charge is -2.07. The number of methoxy groups -OCH3 is 2. The first kappa shape index (κ1) is 18.3. The minimum absolute atomic E-state index is 0.0576. The summed E-state index contributed by atoms with van der Waals surface area (Å²) in [5.74, 6) is 1.21. The number of aromatic hydroxyl groups is 1. The number of carbonyl (C=O) groups is 1. The quantitative estimate of drug-likeness (QED) is 0.595. The summed E-state index contributed by atoms with van der Waals surface area (Å²) in [7, 11) is 3.07. The Morgan fingerprint density at radius 1 is 1.15 bits per heavy atom. The number of nitrogens with zero attached hydrogens (tertiary/aromatic N) is 2. The Morgan fingerprint density at radius 3 is 2.69 bits per heavy atom. The van der Waals surface area contributed by atoms with Crippen molar-refractivity contribution in [2.45, 2.75) is 5.22 Å². The first-order valence-corrected chi connectivity index (χ1v) is 8.89. The molecular weight excluding hydrogens is 424 g/mol. The molecule has 2 aromatic carbocycles. The van der Waals surface area contributed by atoms with Crippen LogP contribution < -0.4 is 9.47 Å². The topological polar surface area (TPSA) is 94.7 Å². The largest absolute Gasteiger partial charge is 0.507 e. The highest BCUT2D eigenvalue weighted by atomic mass is 79.9. The molecule has 0 aliphatic heterocycles. The van der Waals surface area contributed by atoms with Crippen molar-refractivity contribution in [3.63, 3.8) is 0 Å². The summed E-state index contributed by atoms with van der Waals surface area (Å²) in [4.78, 5) is 12.4. The number of hydrogen-bond donors (Lipinski definition) is 1. The number of phenols is 1. The van der Waals surface area contributed by atoms with Gasteiger partial charge in [-0.1, -0.05) is 15.9 Å². The van der Waals surface area contributed by atoms with Gasteiger partial charge in [-0.3, -0.25) is 4.79 Å². The molecule has 9 heteroatoms. The Morgan fingerprint density at radius 2 is 1.96 bits per heavy atom. The van der Waals surface area contributed by atoms with Crippen LogP contribution in [0.15, 0.2) is 50.5 Å². The molecule has 0 aliphatic rings. The fourth-order valence-electron chi connectivity index (χ4n) is 2.14. The van der Waals surface area contributed by atoms with Crippen LogP contribution in [-0.2, 0) is 0 Å². The first-order chi connectivity index (χ1) is 12.5. The number of aromatic nitrogens is 2. The van der Waals surface area contributed by atoms with Gasteiger partial charge in [-0.15, -0.1) is 10.2 Å². The van der Waals surface area contributed by atoms with Gasteiger partial charge >= 0.3 is 0 Å². The van der Waals surface area contributed by atoms with Crippen LogP contribution in [0.25, 0.3) is 11.5 Å². The molecule has 0 spiro atoms. The van der Waals surface area contributed by atoms with Crippen LogP contribution in [0.1, 0.15) is 10.4 Å². The monoisotopic (exact) mass is 436 g/mol. The second-order valence-electron chi connectivity index (χ2n) is 4.99. The second-order valence-corrected chi connectivity index (χ2v) is 6.83. The summed E-state index contributed by atoms with van der Waals surface area (Å²) < 4.78 is 16.7. The maximum absolute atomic E-state index is 12.4. The van der Waals surface area contributed by atoms with Gasteiger partial charge in [0.15, 0.2) is 0 Å². The smallest absolute Gasteiger partial charge is 0.284 e. The van der Waals surface area contributed by atoms with Gasteiger partial charge in [-0.25, -0.2) is 0 Å². The maximum atomic E-state index is 12.4. The molecule has 0 unspecified atom stereocenters. The summed E-state index contributed by atoms with van der Waals surface area (Å²) in [6, 6.07) is 9.74. The van der Waals surface area contributed by atoms with E-state index in [0.717, 1.165) is 11.8 Å². The van der Waals surface area contributed by atoms with Crippen molar-refractivity contribution in [2.24, 2.45) is 0 Å². The average molecular weight is 437 g/mol. The van der Waals surface area contributed by atoms with E-state index >= 15 is 0 Å². The van der Waals surface area contributed by atoms with Crippen LogP contribution >= 0.6 is 27.7 Å². The molecule has 26 heavy (non-hydrogen) atoms. The molecule has 7 nitrogen and oxygen atoms in total. The average Bonchev–Trinajstić information content (AvgIpc) is 3.11. The van der Waals surface area contributed by atoms with Crippen LogP contribution in [0.5, 0.6) is 17.2 Å². The molecule has 134 valence electrons. The molecule has 1 aromatic heterocycles. The molecule has 1 heterocycles. The molecule has 1 N–H and O–H groups in total. The van der Waals surface area contributed by atoms with Gasteiger partial charge in [0, 0.05) is 22.3 Å². The zero-order valence-electron chi connectivity index (χ0n) is 13.7. The molecule has 0 aliphatic carbocycles. The highest BCUT2D eigenvalue weighted by Crippen LogP contribution is 2.35. The molecule has 3 rings (SSSR count). The molecule has 0 amide bonds. The van der Waals surface area contributed by atoms with Crippen molar-refractivity contribution in [3.05, 3.63) is 46.4 Å². The van der Waals surface area contributed by atoms with Gasteiger partial charge in [0.2, 0.25) is 5.12 Å². The van der Waals surface area contributed by atoms with E-state index in [0.29, 0.717) is 21.5 Å². The molecule has 0 bridgehead atoms. The van der Waals surface area contributed by atoms with Crippen molar-refractivity contribution >= 4 is 32.8 Å². The number of halogens is 1. The Bertz CT molecular complexity index is 960. The van der Waals surface area contributed by atoms with Crippen LogP contribution in [0.2, 0.25) is 0 Å². The molecule has 0 fully saturated rings. The van der Waals surface area contributed by atoms with E-state index < -0.39 is 5.12 Å². The highest BCUT2D eigenvalue weighted by Gasteiger charge is 2.19. The highest BCUT2D eigenvalue weighted by molar-refractivity contribution is 9.10. The summed E-state index contributed by atoms with van der Waals surface area (Å²) in [5.41, 5.74) is 0.719. The van der Waals surface area contributed by atoms with Gasteiger partial charge in [-0.05, 0) is 30.3 Å². The summed E-state index contributed by atoms with van der Waals surface area (Å²) >= 11 is 3.99. The molecular formula is C17H13BrN2O5S. The minimum Gasteiger partial charge on any atom is -0.507 e. The number of ether oxygens (including phenoxy) is 2. The van der Waals surface area contributed by atoms with E-state index in [1.54, 1.807) is 31.4 Å². The van der Waals surface area contributed by atoms with Crippen molar-refractivity contribution < 1.29 is 23.8 Å². The van der Waals surface area contributed by atoms with E-state index in [2.05, 4.69) is 26.1 Å². The van der Waals surface area contributed by atoms with E-state index in [4.69, 9.17) is 13.9 Å². The third kappa shape index (κ3) is 3.83. The van der Waals surface area contributed by atoms with Crippen LogP contribution in [0.3, 0.4) is 0 Å². The fraction of sp³-hybridized carbons (Fsp3) is 0.118. The maximum Gasteiger partial charge on any atom is 0.284 e. The van der Waals surface area contributed by atoms with Crippen LogP contribution in [0.4, 0.5) is 0 Å².